The lowest BCUT2D eigenvalue weighted by atomic mass is 9.97. The third-order valence-electron chi connectivity index (χ3n) is 3.75. The number of H-pyrrole nitrogens is 1. The van der Waals surface area contributed by atoms with Crippen LogP contribution in [-0.4, -0.2) is 33.6 Å². The van der Waals surface area contributed by atoms with Crippen molar-refractivity contribution in [2.75, 3.05) is 6.54 Å². The van der Waals surface area contributed by atoms with Crippen LogP contribution in [0.5, 0.6) is 5.88 Å². The van der Waals surface area contributed by atoms with Crippen molar-refractivity contribution < 1.29 is 23.1 Å². The highest BCUT2D eigenvalue weighted by molar-refractivity contribution is 5.97. The number of hydrogen-bond donors (Lipinski definition) is 2. The van der Waals surface area contributed by atoms with Gasteiger partial charge in [0.1, 0.15) is 0 Å². The van der Waals surface area contributed by atoms with Crippen LogP contribution >= 0.6 is 0 Å². The van der Waals surface area contributed by atoms with Gasteiger partial charge in [-0.1, -0.05) is 12.1 Å². The van der Waals surface area contributed by atoms with Gasteiger partial charge in [-0.05, 0) is 22.7 Å². The van der Waals surface area contributed by atoms with E-state index in [-0.39, 0.29) is 31.1 Å². The molecule has 22 heavy (non-hydrogen) atoms. The Bertz CT molecular complexity index is 782. The zero-order chi connectivity index (χ0) is 16.1. The zero-order valence-corrected chi connectivity index (χ0v) is 11.1. The lowest BCUT2D eigenvalue weighted by molar-refractivity contribution is -0.186. The van der Waals surface area contributed by atoms with Crippen molar-refractivity contribution in [3.05, 3.63) is 28.2 Å². The van der Waals surface area contributed by atoms with Crippen molar-refractivity contribution in [2.45, 2.75) is 19.1 Å². The minimum absolute atomic E-state index is 0.0892. The van der Waals surface area contributed by atoms with Crippen LogP contribution in [-0.2, 0) is 17.8 Å². The molecule has 0 bridgehead atoms. The normalized spacial score (nSPS) is 15.0. The molecule has 116 valence electrons. The van der Waals surface area contributed by atoms with Crippen molar-refractivity contribution in [3.8, 4) is 5.88 Å². The Labute approximate surface area is 121 Å². The highest BCUT2D eigenvalue weighted by Gasteiger charge is 2.43. The van der Waals surface area contributed by atoms with Gasteiger partial charge in [0, 0.05) is 18.5 Å². The number of halogens is 3. The minimum Gasteiger partial charge on any atom is -0.493 e. The van der Waals surface area contributed by atoms with E-state index in [0.717, 1.165) is 4.90 Å². The highest BCUT2D eigenvalue weighted by Crippen LogP contribution is 2.39. The van der Waals surface area contributed by atoms with Gasteiger partial charge in [0.25, 0.3) is 0 Å². The topological polar surface area (TPSA) is 85.8 Å². The predicted molar refractivity (Wildman–Crippen MR) is 70.6 cm³/mol. The molecule has 2 aromatic rings. The van der Waals surface area contributed by atoms with Crippen molar-refractivity contribution in [2.24, 2.45) is 5.18 Å². The molecule has 1 amide bonds. The summed E-state index contributed by atoms with van der Waals surface area (Å²) in [5, 5.41) is 12.8. The van der Waals surface area contributed by atoms with Crippen LogP contribution in [0.3, 0.4) is 0 Å². The van der Waals surface area contributed by atoms with Crippen LogP contribution in [0, 0.1) is 4.91 Å². The Hall–Kier alpha value is -2.58. The molecule has 0 aliphatic carbocycles. The fourth-order valence-electron chi connectivity index (χ4n) is 2.75. The van der Waals surface area contributed by atoms with Crippen molar-refractivity contribution >= 4 is 22.5 Å². The summed E-state index contributed by atoms with van der Waals surface area (Å²) in [6.45, 7) is -0.263. The van der Waals surface area contributed by atoms with E-state index in [1.54, 1.807) is 0 Å². The first-order chi connectivity index (χ1) is 10.3. The second kappa shape index (κ2) is 4.72. The van der Waals surface area contributed by atoms with Gasteiger partial charge in [0.15, 0.2) is 5.69 Å². The zero-order valence-electron chi connectivity index (χ0n) is 11.1. The van der Waals surface area contributed by atoms with E-state index in [4.69, 9.17) is 0 Å². The summed E-state index contributed by atoms with van der Waals surface area (Å²) >= 11 is 0. The summed E-state index contributed by atoms with van der Waals surface area (Å²) in [5.74, 6) is -2.25. The first-order valence-electron chi connectivity index (χ1n) is 6.37. The van der Waals surface area contributed by atoms with E-state index >= 15 is 0 Å². The van der Waals surface area contributed by atoms with E-state index in [2.05, 4.69) is 10.2 Å². The van der Waals surface area contributed by atoms with E-state index < -0.39 is 12.1 Å². The minimum atomic E-state index is -4.90. The maximum atomic E-state index is 12.5. The Balaban J connectivity index is 2.02. The molecule has 0 atom stereocenters. The van der Waals surface area contributed by atoms with E-state index in [0.29, 0.717) is 22.0 Å². The summed E-state index contributed by atoms with van der Waals surface area (Å²) in [6.07, 6.45) is -4.71. The molecule has 0 fully saturated rings. The predicted octanol–water partition coefficient (Wildman–Crippen LogP) is 2.72. The third-order valence-corrected chi connectivity index (χ3v) is 3.75. The second-order valence-electron chi connectivity index (χ2n) is 5.01. The molecule has 1 aromatic carbocycles. The number of fused-ring (bicyclic) bond motifs is 3. The van der Waals surface area contributed by atoms with Gasteiger partial charge in [-0.25, -0.2) is 0 Å². The summed E-state index contributed by atoms with van der Waals surface area (Å²) in [4.78, 5) is 25.4. The van der Waals surface area contributed by atoms with Crippen LogP contribution in [0.2, 0.25) is 0 Å². The summed E-state index contributed by atoms with van der Waals surface area (Å²) < 4.78 is 37.5. The molecule has 1 aliphatic rings. The summed E-state index contributed by atoms with van der Waals surface area (Å²) in [7, 11) is 0. The van der Waals surface area contributed by atoms with E-state index in [9.17, 15) is 28.0 Å². The number of carbonyl (C=O) groups excluding carboxylic acids is 1. The molecular weight excluding hydrogens is 303 g/mol. The van der Waals surface area contributed by atoms with Crippen LogP contribution in [0.4, 0.5) is 18.9 Å². The van der Waals surface area contributed by atoms with Crippen molar-refractivity contribution in [1.82, 2.24) is 9.88 Å². The van der Waals surface area contributed by atoms with Gasteiger partial charge in [0.05, 0.1) is 5.52 Å². The number of nitrogens with zero attached hydrogens (tertiary/aromatic N) is 2. The molecule has 6 nitrogen and oxygen atoms in total. The average Bonchev–Trinajstić information content (AvgIpc) is 2.80. The second-order valence-corrected chi connectivity index (χ2v) is 5.01. The van der Waals surface area contributed by atoms with Crippen molar-refractivity contribution in [3.63, 3.8) is 0 Å². The molecule has 1 aromatic heterocycles. The van der Waals surface area contributed by atoms with Gasteiger partial charge in [-0.3, -0.25) is 4.79 Å². The molecular formula is C13H10F3N3O3. The Morgan fingerprint density at radius 1 is 1.36 bits per heavy atom. The Kier molecular flexibility index (Phi) is 3.08. The fraction of sp³-hybridized carbons (Fsp3) is 0.308. The monoisotopic (exact) mass is 313 g/mol. The van der Waals surface area contributed by atoms with Gasteiger partial charge in [-0.15, -0.1) is 4.91 Å². The number of aromatic nitrogens is 1. The maximum absolute atomic E-state index is 12.5. The first-order valence-corrected chi connectivity index (χ1v) is 6.37. The fourth-order valence-corrected chi connectivity index (χ4v) is 2.75. The van der Waals surface area contributed by atoms with Crippen LogP contribution < -0.4 is 0 Å². The number of hydrogen-bond acceptors (Lipinski definition) is 4. The molecule has 2 heterocycles. The molecule has 1 aliphatic heterocycles. The van der Waals surface area contributed by atoms with E-state index in [1.165, 1.54) is 12.1 Å². The molecule has 9 heteroatoms. The van der Waals surface area contributed by atoms with Gasteiger partial charge >= 0.3 is 12.1 Å². The number of alkyl halides is 3. The molecule has 0 saturated carbocycles. The number of nitrogens with one attached hydrogen (secondary N) is 1. The van der Waals surface area contributed by atoms with Gasteiger partial charge in [0.2, 0.25) is 5.88 Å². The first kappa shape index (κ1) is 14.4. The number of aromatic amines is 1. The lowest BCUT2D eigenvalue weighted by Gasteiger charge is -2.29. The number of rotatable bonds is 1. The third kappa shape index (κ3) is 2.09. The van der Waals surface area contributed by atoms with Crippen LogP contribution in [0.15, 0.2) is 17.3 Å². The Morgan fingerprint density at radius 2 is 2.09 bits per heavy atom. The number of nitroso groups, excluding NO2 is 1. The molecule has 3 rings (SSSR count). The number of aromatic hydroxyl groups is 1. The van der Waals surface area contributed by atoms with Gasteiger partial charge < -0.3 is 15.0 Å². The standard InChI is InChI=1S/C13H10F3N3O3/c14-13(15,16)12(21)19-4-3-7-6(5-19)1-2-8-9(7)17-11(20)10(8)18-22/h1-2,17,20H,3-5H2. The van der Waals surface area contributed by atoms with Gasteiger partial charge in [-0.2, -0.15) is 13.2 Å². The van der Waals surface area contributed by atoms with Crippen LogP contribution in [0.25, 0.3) is 10.9 Å². The summed E-state index contributed by atoms with van der Waals surface area (Å²) in [5.41, 5.74) is 1.54. The molecule has 0 saturated heterocycles. The van der Waals surface area contributed by atoms with Crippen molar-refractivity contribution in [1.29, 1.82) is 0 Å². The molecule has 0 spiro atoms. The molecule has 0 radical (unpaired) electrons. The quantitative estimate of drug-likeness (QED) is 0.794. The lowest BCUT2D eigenvalue weighted by Crippen LogP contribution is -2.43. The SMILES string of the molecule is O=Nc1c(O)[nH]c2c3c(ccc12)CN(C(=O)C(F)(F)F)CC3. The Morgan fingerprint density at radius 3 is 2.73 bits per heavy atom. The average molecular weight is 313 g/mol. The summed E-state index contributed by atoms with van der Waals surface area (Å²) in [6, 6.07) is 3.03. The number of carbonyl (C=O) groups is 1. The largest absolute Gasteiger partial charge is 0.493 e. The molecule has 0 unspecified atom stereocenters. The number of amides is 1. The smallest absolute Gasteiger partial charge is 0.471 e. The highest BCUT2D eigenvalue weighted by atomic mass is 19.4. The van der Waals surface area contributed by atoms with E-state index in [1.807, 2.05) is 0 Å². The number of benzene rings is 1. The molecule has 2 N–H and O–H groups in total. The maximum Gasteiger partial charge on any atom is 0.471 e. The van der Waals surface area contributed by atoms with Crippen LogP contribution in [0.1, 0.15) is 11.1 Å².